The zero-order chi connectivity index (χ0) is 73.2. The van der Waals surface area contributed by atoms with Gasteiger partial charge in [0.05, 0.1) is 44.7 Å². The van der Waals surface area contributed by atoms with Gasteiger partial charge in [0, 0.05) is 19.3 Å². The van der Waals surface area contributed by atoms with Crippen molar-refractivity contribution in [3.8, 4) is 0 Å². The van der Waals surface area contributed by atoms with Gasteiger partial charge in [-0.3, -0.25) is 4.79 Å². The summed E-state index contributed by atoms with van der Waals surface area (Å²) < 4.78 is 89.4. The highest BCUT2D eigenvalue weighted by molar-refractivity contribution is 7.97. The van der Waals surface area contributed by atoms with Crippen LogP contribution in [0.15, 0.2) is 311 Å². The Labute approximate surface area is 624 Å². The molecule has 0 aliphatic heterocycles. The number of rotatable bonds is 20. The van der Waals surface area contributed by atoms with Gasteiger partial charge in [0.25, 0.3) is 5.92 Å². The van der Waals surface area contributed by atoms with Crippen LogP contribution in [0.2, 0.25) is 0 Å². The summed E-state index contributed by atoms with van der Waals surface area (Å²) >= 11 is 0. The number of ether oxygens (including phenoxy) is 1. The van der Waals surface area contributed by atoms with Crippen LogP contribution in [0.5, 0.6) is 0 Å². The third kappa shape index (κ3) is 23.8. The lowest BCUT2D eigenvalue weighted by molar-refractivity contribution is -0.188. The normalized spacial score (nSPS) is 20.8. The van der Waals surface area contributed by atoms with Gasteiger partial charge in [0.1, 0.15) is 6.42 Å². The van der Waals surface area contributed by atoms with Gasteiger partial charge in [-0.1, -0.05) is 211 Å². The van der Waals surface area contributed by atoms with E-state index in [1.54, 1.807) is 25.7 Å². The number of hydrogen-bond donors (Lipinski definition) is 0. The highest BCUT2D eigenvalue weighted by atomic mass is 32.2. The largest absolute Gasteiger partial charge is 0.465 e. The van der Waals surface area contributed by atoms with Gasteiger partial charge in [0.15, 0.2) is 44.1 Å². The number of halogens is 7. The summed E-state index contributed by atoms with van der Waals surface area (Å²) in [7, 11) is -0.0571. The summed E-state index contributed by atoms with van der Waals surface area (Å²) in [6.07, 6.45) is 14.8. The van der Waals surface area contributed by atoms with E-state index in [2.05, 4.69) is 274 Å². The first-order valence-corrected chi connectivity index (χ1v) is 41.8. The van der Waals surface area contributed by atoms with Gasteiger partial charge in [-0.25, -0.2) is 17.6 Å². The molecule has 0 spiro atoms. The molecule has 7 fully saturated rings. The van der Waals surface area contributed by atoms with Crippen LogP contribution in [0.3, 0.4) is 0 Å². The molecular formula is C92H106F7O2S3+3. The van der Waals surface area contributed by atoms with Crippen LogP contribution in [0, 0.1) is 40.9 Å². The maximum absolute atomic E-state index is 13.1. The first-order valence-electron chi connectivity index (χ1n) is 38.1. The number of carbonyl (C=O) groups is 1. The zero-order valence-corrected chi connectivity index (χ0v) is 63.3. The Morgan fingerprint density at radius 1 is 0.385 bits per heavy atom. The number of unbranched alkanes of at least 4 members (excludes halogenated alkanes) is 1. The molecule has 550 valence electrons. The van der Waals surface area contributed by atoms with E-state index >= 15 is 0 Å². The van der Waals surface area contributed by atoms with Gasteiger partial charge in [0.2, 0.25) is 5.92 Å². The van der Waals surface area contributed by atoms with E-state index < -0.39 is 30.9 Å². The molecule has 104 heavy (non-hydrogen) atoms. The van der Waals surface area contributed by atoms with Crippen molar-refractivity contribution in [2.24, 2.45) is 40.9 Å². The summed E-state index contributed by atoms with van der Waals surface area (Å²) in [5.41, 5.74) is 1.32. The van der Waals surface area contributed by atoms with Crippen molar-refractivity contribution < 1.29 is 40.3 Å². The second-order valence-electron chi connectivity index (χ2n) is 29.2. The predicted molar refractivity (Wildman–Crippen MR) is 416 cm³/mol. The van der Waals surface area contributed by atoms with Gasteiger partial charge in [-0.2, -0.15) is 13.2 Å². The highest BCUT2D eigenvalue weighted by Gasteiger charge is 2.55. The molecule has 7 saturated carbocycles. The monoisotopic (exact) mass is 1470 g/mol. The Morgan fingerprint density at radius 3 is 0.990 bits per heavy atom. The van der Waals surface area contributed by atoms with E-state index in [0.717, 1.165) is 67.6 Å². The van der Waals surface area contributed by atoms with Gasteiger partial charge in [-0.15, -0.1) is 0 Å². The summed E-state index contributed by atoms with van der Waals surface area (Å²) in [5, 5.41) is 0. The second-order valence-corrected chi connectivity index (χ2v) is 35.3. The number of benzene rings is 9. The standard InChI is InChI=1S/C24H25S.C18H28F2O2.2C18H15S.C9H16.C5H7F5/c1-4-10-20(11-5-1)21-16-18-24(19-17-21)25(22-12-6-2-7-13-22)23-14-8-3-9-15-23;1-2-18(19,20)5-3-4-6-22-16(21)17-10-13-7-14(11-17)9-15(8-13)12-17;2*1-4-10-16(11-5-1)19(17-12-6-2-7-13-17)18-14-8-3-9-15-18;1-2-8-5-7-3-4-9(8)6-7;1-2-4(6,7)3-5(8,9)10/h2-3,6-9,12-20H,1,4-5,10-11H2;13-15H,2-12H2,1H3;2*1-15H;7-9H,2-6H2,1H3;2-3H2,1H3/q+1;;2*+1;;. The van der Waals surface area contributed by atoms with Crippen LogP contribution < -0.4 is 0 Å². The van der Waals surface area contributed by atoms with Crippen molar-refractivity contribution >= 4 is 38.7 Å². The number of fused-ring (bicyclic) bond motifs is 2. The molecule has 7 aliphatic carbocycles. The van der Waals surface area contributed by atoms with E-state index in [-0.39, 0.29) is 56.9 Å². The van der Waals surface area contributed by atoms with Crippen molar-refractivity contribution in [1.29, 1.82) is 0 Å². The number of carbonyl (C=O) groups excluding carboxylic acids is 1. The minimum Gasteiger partial charge on any atom is -0.465 e. The van der Waals surface area contributed by atoms with Crippen LogP contribution in [-0.2, 0) is 42.2 Å². The number of esters is 1. The Morgan fingerprint density at radius 2 is 0.721 bits per heavy atom. The number of alkyl halides is 7. The Balaban J connectivity index is 0.000000138. The molecular weight excluding hydrogens is 1370 g/mol. The zero-order valence-electron chi connectivity index (χ0n) is 60.9. The predicted octanol–water partition coefficient (Wildman–Crippen LogP) is 27.2. The fraction of sp³-hybridized carbons (Fsp3) is 0.402. The fourth-order valence-electron chi connectivity index (χ4n) is 16.6. The van der Waals surface area contributed by atoms with Crippen molar-refractivity contribution in [1.82, 2.24) is 0 Å². The SMILES string of the molecule is CCC(F)(F)CC(F)(F)F.CCC(F)(F)CCCCOC(=O)C12CC3CC(CC(C3)C1)C2.CCC1CC2CCC1C2.c1ccc([S+](c2ccccc2)c2ccc(C3CCCCC3)cc2)cc1.c1ccc([S+](c2ccccc2)c2ccccc2)cc1.c1ccc([S+](c2ccccc2)c2ccccc2)cc1. The van der Waals surface area contributed by atoms with Crippen molar-refractivity contribution in [2.75, 3.05) is 6.61 Å². The van der Waals surface area contributed by atoms with E-state index in [4.69, 9.17) is 4.74 Å². The first-order chi connectivity index (χ1) is 50.4. The molecule has 0 saturated heterocycles. The highest BCUT2D eigenvalue weighted by Crippen LogP contribution is 2.60. The van der Waals surface area contributed by atoms with E-state index in [1.165, 1.54) is 114 Å². The molecule has 12 heteroatoms. The summed E-state index contributed by atoms with van der Waals surface area (Å²) in [4.78, 5) is 24.9. The van der Waals surface area contributed by atoms with Crippen molar-refractivity contribution in [3.63, 3.8) is 0 Å². The fourth-order valence-corrected chi connectivity index (χ4v) is 22.9. The summed E-state index contributed by atoms with van der Waals surface area (Å²) in [6, 6.07) is 95.6. The smallest absolute Gasteiger partial charge is 0.394 e. The molecule has 9 aromatic rings. The third-order valence-electron chi connectivity index (χ3n) is 21.6. The number of hydrogen-bond acceptors (Lipinski definition) is 2. The first kappa shape index (κ1) is 79.6. The molecule has 16 rings (SSSR count). The average molecular weight is 1470 g/mol. The Bertz CT molecular complexity index is 3490. The van der Waals surface area contributed by atoms with Crippen molar-refractivity contribution in [2.45, 2.75) is 230 Å². The molecule has 0 amide bonds. The molecule has 7 aliphatic rings. The molecule has 0 N–H and O–H groups in total. The lowest BCUT2D eigenvalue weighted by atomic mass is 9.49. The molecule has 3 atom stereocenters. The quantitative estimate of drug-likeness (QED) is 0.0329. The molecule has 9 aromatic carbocycles. The van der Waals surface area contributed by atoms with Crippen LogP contribution in [-0.4, -0.2) is 30.6 Å². The molecule has 0 radical (unpaired) electrons. The topological polar surface area (TPSA) is 26.3 Å². The maximum Gasteiger partial charge on any atom is 0.394 e. The summed E-state index contributed by atoms with van der Waals surface area (Å²) in [6.45, 7) is 5.19. The molecule has 0 heterocycles. The average Bonchev–Trinajstić information content (AvgIpc) is 0.913. The third-order valence-corrected chi connectivity index (χ3v) is 28.3. The van der Waals surface area contributed by atoms with E-state index in [0.29, 0.717) is 19.4 Å². The maximum atomic E-state index is 13.1. The van der Waals surface area contributed by atoms with Crippen LogP contribution in [0.1, 0.15) is 174 Å². The minimum atomic E-state index is -4.76. The van der Waals surface area contributed by atoms with Gasteiger partial charge in [-0.05, 0) is 240 Å². The van der Waals surface area contributed by atoms with Crippen molar-refractivity contribution in [3.05, 3.63) is 272 Å². The second kappa shape index (κ2) is 39.6. The molecule has 2 nitrogen and oxygen atoms in total. The van der Waals surface area contributed by atoms with Crippen LogP contribution >= 0.6 is 0 Å². The molecule has 6 bridgehead atoms. The van der Waals surface area contributed by atoms with Gasteiger partial charge < -0.3 is 4.74 Å². The van der Waals surface area contributed by atoms with E-state index in [1.807, 2.05) is 0 Å². The Hall–Kier alpha value is -6.99. The summed E-state index contributed by atoms with van der Waals surface area (Å²) in [5.74, 6) is 0.184. The Kier molecular flexibility index (Phi) is 30.3. The lowest BCUT2D eigenvalue weighted by Gasteiger charge is -2.55. The molecule has 0 aromatic heterocycles. The molecule has 3 unspecified atom stereocenters. The minimum absolute atomic E-state index is 0.0146. The van der Waals surface area contributed by atoms with Crippen LogP contribution in [0.25, 0.3) is 0 Å². The van der Waals surface area contributed by atoms with Gasteiger partial charge >= 0.3 is 12.1 Å². The van der Waals surface area contributed by atoms with E-state index in [9.17, 15) is 35.5 Å². The van der Waals surface area contributed by atoms with Crippen LogP contribution in [0.4, 0.5) is 30.7 Å². The lowest BCUT2D eigenvalue weighted by Crippen LogP contribution is -2.50.